The Labute approximate surface area is 117 Å². The topological polar surface area (TPSA) is 79.5 Å². The summed E-state index contributed by atoms with van der Waals surface area (Å²) >= 11 is 2.06. The van der Waals surface area contributed by atoms with Gasteiger partial charge in [0.15, 0.2) is 0 Å². The van der Waals surface area contributed by atoms with Gasteiger partial charge >= 0.3 is 6.09 Å². The monoisotopic (exact) mass is 359 g/mol. The van der Waals surface area contributed by atoms with Crippen LogP contribution in [0.5, 0.6) is 0 Å². The molecular weight excluding hydrogens is 349 g/mol. The number of pyridine rings is 1. The van der Waals surface area contributed by atoms with Crippen LogP contribution in [0.15, 0.2) is 29.1 Å². The van der Waals surface area contributed by atoms with E-state index in [0.29, 0.717) is 11.6 Å². The fourth-order valence-electron chi connectivity index (χ4n) is 1.43. The normalized spacial score (nSPS) is 10.3. The lowest BCUT2D eigenvalue weighted by molar-refractivity contribution is 0.200. The number of rotatable bonds is 3. The van der Waals surface area contributed by atoms with Crippen molar-refractivity contribution in [3.8, 4) is 0 Å². The number of carboxylic acid groups (broad SMARTS) is 1. The molecule has 0 saturated heterocycles. The molecule has 0 radical (unpaired) electrons. The molecule has 6 nitrogen and oxygen atoms in total. The van der Waals surface area contributed by atoms with Gasteiger partial charge in [-0.1, -0.05) is 0 Å². The molecule has 0 atom stereocenters. The highest BCUT2D eigenvalue weighted by Crippen LogP contribution is 2.22. The number of anilines is 1. The van der Waals surface area contributed by atoms with Crippen LogP contribution in [0.25, 0.3) is 0 Å². The van der Waals surface area contributed by atoms with Crippen LogP contribution in [0.3, 0.4) is 0 Å². The number of aromatic nitrogens is 2. The third-order valence-electron chi connectivity index (χ3n) is 2.23. The van der Waals surface area contributed by atoms with Crippen molar-refractivity contribution in [2.75, 3.05) is 4.90 Å². The van der Waals surface area contributed by atoms with Gasteiger partial charge in [0.25, 0.3) is 0 Å². The predicted octanol–water partition coefficient (Wildman–Crippen LogP) is 2.67. The number of carbonyl (C=O) groups is 1. The van der Waals surface area contributed by atoms with Crippen molar-refractivity contribution in [1.82, 2.24) is 9.97 Å². The van der Waals surface area contributed by atoms with E-state index in [-0.39, 0.29) is 6.54 Å². The van der Waals surface area contributed by atoms with Gasteiger partial charge in [0.2, 0.25) is 5.89 Å². The molecule has 0 aliphatic carbocycles. The van der Waals surface area contributed by atoms with Gasteiger partial charge in [0.1, 0.15) is 12.8 Å². The lowest BCUT2D eigenvalue weighted by Crippen LogP contribution is -2.29. The summed E-state index contributed by atoms with van der Waals surface area (Å²) in [6.07, 6.45) is 3.53. The fourth-order valence-corrected chi connectivity index (χ4v) is 2.03. The maximum Gasteiger partial charge on any atom is 0.412 e. The number of oxazole rings is 1. The Kier molecular flexibility index (Phi) is 3.80. The second-order valence-electron chi connectivity index (χ2n) is 3.58. The molecule has 2 heterocycles. The van der Waals surface area contributed by atoms with Gasteiger partial charge in [-0.2, -0.15) is 0 Å². The van der Waals surface area contributed by atoms with Crippen LogP contribution < -0.4 is 4.90 Å². The highest BCUT2D eigenvalue weighted by Gasteiger charge is 2.19. The number of nitrogens with zero attached hydrogens (tertiary/aromatic N) is 3. The molecule has 0 spiro atoms. The maximum absolute atomic E-state index is 11.3. The van der Waals surface area contributed by atoms with Crippen LogP contribution in [0.1, 0.15) is 11.6 Å². The molecule has 0 aliphatic rings. The Morgan fingerprint density at radius 2 is 2.39 bits per heavy atom. The zero-order valence-corrected chi connectivity index (χ0v) is 11.7. The smallest absolute Gasteiger partial charge is 0.412 e. The largest absolute Gasteiger partial charge is 0.465 e. The first kappa shape index (κ1) is 12.8. The molecule has 2 aromatic heterocycles. The van der Waals surface area contributed by atoms with E-state index in [1.54, 1.807) is 19.2 Å². The number of aryl methyl sites for hydroxylation is 1. The quantitative estimate of drug-likeness (QED) is 0.853. The standard InChI is InChI=1S/C11H10IN3O3/c1-7-6-18-10(14-7)5-15(11(16)17)9-4-13-3-2-8(9)12/h2-4,6H,5H2,1H3,(H,16,17). The lowest BCUT2D eigenvalue weighted by atomic mass is 10.3. The molecule has 94 valence electrons. The molecule has 0 saturated carbocycles. The molecule has 0 bridgehead atoms. The minimum absolute atomic E-state index is 0.0604. The average molecular weight is 359 g/mol. The van der Waals surface area contributed by atoms with E-state index >= 15 is 0 Å². The fraction of sp³-hybridized carbons (Fsp3) is 0.182. The number of hydrogen-bond donors (Lipinski definition) is 1. The van der Waals surface area contributed by atoms with Crippen molar-refractivity contribution in [3.63, 3.8) is 0 Å². The van der Waals surface area contributed by atoms with Crippen LogP contribution >= 0.6 is 22.6 Å². The summed E-state index contributed by atoms with van der Waals surface area (Å²) in [5.74, 6) is 0.356. The molecule has 0 aliphatic heterocycles. The van der Waals surface area contributed by atoms with Gasteiger partial charge in [-0.05, 0) is 35.6 Å². The summed E-state index contributed by atoms with van der Waals surface area (Å²) in [6, 6.07) is 1.74. The van der Waals surface area contributed by atoms with Gasteiger partial charge in [0.05, 0.1) is 17.6 Å². The SMILES string of the molecule is Cc1coc(CN(C(=O)O)c2cnccc2I)n1. The van der Waals surface area contributed by atoms with E-state index in [2.05, 4.69) is 32.6 Å². The Morgan fingerprint density at radius 3 is 2.94 bits per heavy atom. The molecule has 0 fully saturated rings. The lowest BCUT2D eigenvalue weighted by Gasteiger charge is -2.18. The van der Waals surface area contributed by atoms with Gasteiger partial charge in [-0.3, -0.25) is 9.88 Å². The molecule has 7 heteroatoms. The first-order chi connectivity index (χ1) is 8.58. The van der Waals surface area contributed by atoms with Gasteiger partial charge in [-0.15, -0.1) is 0 Å². The summed E-state index contributed by atoms with van der Waals surface area (Å²) < 4.78 is 5.97. The third-order valence-corrected chi connectivity index (χ3v) is 3.14. The summed E-state index contributed by atoms with van der Waals surface area (Å²) in [6.45, 7) is 1.84. The van der Waals surface area contributed by atoms with E-state index in [4.69, 9.17) is 4.42 Å². The Hall–Kier alpha value is -1.64. The first-order valence-electron chi connectivity index (χ1n) is 5.09. The maximum atomic E-state index is 11.3. The van der Waals surface area contributed by atoms with Crippen LogP contribution in [0, 0.1) is 10.5 Å². The average Bonchev–Trinajstić information content (AvgIpc) is 2.73. The van der Waals surface area contributed by atoms with Crippen molar-refractivity contribution in [1.29, 1.82) is 0 Å². The molecular formula is C11H10IN3O3. The van der Waals surface area contributed by atoms with E-state index in [1.165, 1.54) is 12.5 Å². The molecule has 2 aromatic rings. The van der Waals surface area contributed by atoms with Gasteiger partial charge in [-0.25, -0.2) is 9.78 Å². The Bertz CT molecular complexity index is 570. The number of amides is 1. The van der Waals surface area contributed by atoms with Crippen molar-refractivity contribution >= 4 is 34.4 Å². The van der Waals surface area contributed by atoms with Crippen LogP contribution in [0.4, 0.5) is 10.5 Å². The Morgan fingerprint density at radius 1 is 1.61 bits per heavy atom. The van der Waals surface area contributed by atoms with Crippen LogP contribution in [-0.4, -0.2) is 21.2 Å². The second kappa shape index (κ2) is 5.34. The van der Waals surface area contributed by atoms with Crippen molar-refractivity contribution in [2.24, 2.45) is 0 Å². The van der Waals surface area contributed by atoms with Crippen molar-refractivity contribution < 1.29 is 14.3 Å². The van der Waals surface area contributed by atoms with E-state index in [0.717, 1.165) is 14.2 Å². The van der Waals surface area contributed by atoms with Gasteiger partial charge in [0, 0.05) is 9.77 Å². The minimum Gasteiger partial charge on any atom is -0.465 e. The molecule has 2 rings (SSSR count). The first-order valence-corrected chi connectivity index (χ1v) is 6.17. The Balaban J connectivity index is 2.30. The highest BCUT2D eigenvalue weighted by molar-refractivity contribution is 14.1. The van der Waals surface area contributed by atoms with Crippen molar-refractivity contribution in [2.45, 2.75) is 13.5 Å². The van der Waals surface area contributed by atoms with Crippen LogP contribution in [0.2, 0.25) is 0 Å². The van der Waals surface area contributed by atoms with E-state index in [1.807, 2.05) is 0 Å². The molecule has 18 heavy (non-hydrogen) atoms. The van der Waals surface area contributed by atoms with Crippen molar-refractivity contribution in [3.05, 3.63) is 39.9 Å². The molecule has 1 amide bonds. The number of halogens is 1. The summed E-state index contributed by atoms with van der Waals surface area (Å²) in [4.78, 5) is 20.5. The van der Waals surface area contributed by atoms with Crippen LogP contribution in [-0.2, 0) is 6.54 Å². The highest BCUT2D eigenvalue weighted by atomic mass is 127. The number of hydrogen-bond acceptors (Lipinski definition) is 4. The van der Waals surface area contributed by atoms with E-state index in [9.17, 15) is 9.90 Å². The van der Waals surface area contributed by atoms with Gasteiger partial charge < -0.3 is 9.52 Å². The summed E-state index contributed by atoms with van der Waals surface area (Å²) in [7, 11) is 0. The minimum atomic E-state index is -1.07. The molecule has 1 N–H and O–H groups in total. The summed E-state index contributed by atoms with van der Waals surface area (Å²) in [5.41, 5.74) is 1.23. The zero-order valence-electron chi connectivity index (χ0n) is 9.50. The predicted molar refractivity (Wildman–Crippen MR) is 72.4 cm³/mol. The molecule has 0 unspecified atom stereocenters. The summed E-state index contributed by atoms with van der Waals surface area (Å²) in [5, 5.41) is 9.24. The molecule has 0 aromatic carbocycles. The zero-order chi connectivity index (χ0) is 13.1. The third kappa shape index (κ3) is 2.78. The van der Waals surface area contributed by atoms with E-state index < -0.39 is 6.09 Å². The second-order valence-corrected chi connectivity index (χ2v) is 4.74.